The molecule has 1 aromatic carbocycles. The number of thioether (sulfide) groups is 1. The first kappa shape index (κ1) is 12.8. The molecule has 2 nitrogen and oxygen atoms in total. The van der Waals surface area contributed by atoms with Gasteiger partial charge in [-0.3, -0.25) is 4.90 Å². The van der Waals surface area contributed by atoms with Crippen LogP contribution in [-0.2, 0) is 6.54 Å². The van der Waals surface area contributed by atoms with Crippen LogP contribution in [0.15, 0.2) is 18.2 Å². The highest BCUT2D eigenvalue weighted by atomic mass is 32.2. The highest BCUT2D eigenvalue weighted by Crippen LogP contribution is 2.26. The molecule has 0 aliphatic carbocycles. The van der Waals surface area contributed by atoms with E-state index < -0.39 is 0 Å². The number of anilines is 1. The molecule has 2 N–H and O–H groups in total. The second kappa shape index (κ2) is 5.32. The van der Waals surface area contributed by atoms with Crippen LogP contribution in [0.3, 0.4) is 0 Å². The van der Waals surface area contributed by atoms with Crippen molar-refractivity contribution < 1.29 is 0 Å². The van der Waals surface area contributed by atoms with Gasteiger partial charge in [-0.1, -0.05) is 19.1 Å². The van der Waals surface area contributed by atoms with Crippen molar-refractivity contribution in [3.8, 4) is 0 Å². The first-order valence-electron chi connectivity index (χ1n) is 6.28. The van der Waals surface area contributed by atoms with E-state index in [1.165, 1.54) is 23.4 Å². The van der Waals surface area contributed by atoms with Crippen LogP contribution in [0.1, 0.15) is 25.0 Å². The van der Waals surface area contributed by atoms with Crippen LogP contribution in [-0.4, -0.2) is 28.5 Å². The Morgan fingerprint density at radius 3 is 2.88 bits per heavy atom. The molecule has 2 atom stereocenters. The summed E-state index contributed by atoms with van der Waals surface area (Å²) in [7, 11) is 0. The average Bonchev–Trinajstić information content (AvgIpc) is 2.30. The molecular weight excluding hydrogens is 228 g/mol. The number of hydrogen-bond acceptors (Lipinski definition) is 3. The van der Waals surface area contributed by atoms with Crippen molar-refractivity contribution in [2.24, 2.45) is 0 Å². The standard InChI is InChI=1S/C14H22N2S/c1-10-4-5-13(8-14(10)15)9-16-6-7-17-12(3)11(16)2/h4-5,8,11-12H,6-7,9,15H2,1-3H3. The Balaban J connectivity index is 2.07. The van der Waals surface area contributed by atoms with Crippen LogP contribution in [0, 0.1) is 6.92 Å². The van der Waals surface area contributed by atoms with Crippen LogP contribution < -0.4 is 5.73 Å². The minimum Gasteiger partial charge on any atom is -0.399 e. The number of aryl methyl sites for hydroxylation is 1. The maximum Gasteiger partial charge on any atom is 0.0346 e. The van der Waals surface area contributed by atoms with Crippen molar-refractivity contribution in [2.75, 3.05) is 18.0 Å². The number of nitrogens with two attached hydrogens (primary N) is 1. The van der Waals surface area contributed by atoms with Gasteiger partial charge in [-0.2, -0.15) is 11.8 Å². The zero-order chi connectivity index (χ0) is 12.4. The summed E-state index contributed by atoms with van der Waals surface area (Å²) in [5, 5.41) is 0.728. The van der Waals surface area contributed by atoms with Gasteiger partial charge in [0, 0.05) is 35.8 Å². The van der Waals surface area contributed by atoms with E-state index in [2.05, 4.69) is 55.6 Å². The van der Waals surface area contributed by atoms with Crippen molar-refractivity contribution in [3.05, 3.63) is 29.3 Å². The Bertz CT molecular complexity index is 392. The molecule has 1 aliphatic heterocycles. The van der Waals surface area contributed by atoms with Crippen LogP contribution in [0.5, 0.6) is 0 Å². The lowest BCUT2D eigenvalue weighted by atomic mass is 10.1. The van der Waals surface area contributed by atoms with Crippen molar-refractivity contribution in [1.82, 2.24) is 4.90 Å². The summed E-state index contributed by atoms with van der Waals surface area (Å²) in [6.45, 7) is 8.92. The van der Waals surface area contributed by atoms with E-state index in [9.17, 15) is 0 Å². The third-order valence-corrected chi connectivity index (χ3v) is 5.08. The monoisotopic (exact) mass is 250 g/mol. The minimum atomic E-state index is 0.649. The summed E-state index contributed by atoms with van der Waals surface area (Å²) in [4.78, 5) is 2.56. The van der Waals surface area contributed by atoms with Crippen molar-refractivity contribution in [2.45, 2.75) is 38.6 Å². The molecule has 1 aliphatic rings. The molecule has 1 aromatic rings. The van der Waals surface area contributed by atoms with E-state index in [0.717, 1.165) is 17.5 Å². The lowest BCUT2D eigenvalue weighted by Gasteiger charge is -2.37. The molecule has 2 rings (SSSR count). The fourth-order valence-electron chi connectivity index (χ4n) is 2.24. The summed E-state index contributed by atoms with van der Waals surface area (Å²) in [6, 6.07) is 7.09. The fourth-order valence-corrected chi connectivity index (χ4v) is 3.40. The largest absolute Gasteiger partial charge is 0.399 e. The molecule has 94 valence electrons. The lowest BCUT2D eigenvalue weighted by molar-refractivity contribution is 0.204. The van der Waals surface area contributed by atoms with Crippen molar-refractivity contribution >= 4 is 17.4 Å². The maximum absolute atomic E-state index is 5.97. The number of benzene rings is 1. The highest BCUT2D eigenvalue weighted by Gasteiger charge is 2.24. The Morgan fingerprint density at radius 1 is 1.41 bits per heavy atom. The lowest BCUT2D eigenvalue weighted by Crippen LogP contribution is -2.43. The third-order valence-electron chi connectivity index (χ3n) is 3.74. The molecule has 0 aromatic heterocycles. The summed E-state index contributed by atoms with van der Waals surface area (Å²) in [6.07, 6.45) is 0. The van der Waals surface area contributed by atoms with Crippen LogP contribution in [0.4, 0.5) is 5.69 Å². The molecule has 3 heteroatoms. The van der Waals surface area contributed by atoms with E-state index in [-0.39, 0.29) is 0 Å². The minimum absolute atomic E-state index is 0.649. The summed E-state index contributed by atoms with van der Waals surface area (Å²) in [5.41, 5.74) is 9.38. The van der Waals surface area contributed by atoms with Gasteiger partial charge in [0.25, 0.3) is 0 Å². The maximum atomic E-state index is 5.97. The number of rotatable bonds is 2. The third kappa shape index (κ3) is 2.96. The molecule has 0 spiro atoms. The zero-order valence-corrected chi connectivity index (χ0v) is 11.8. The fraction of sp³-hybridized carbons (Fsp3) is 0.571. The predicted molar refractivity (Wildman–Crippen MR) is 77.4 cm³/mol. The van der Waals surface area contributed by atoms with Gasteiger partial charge in [0.1, 0.15) is 0 Å². The molecule has 1 heterocycles. The number of nitrogens with zero attached hydrogens (tertiary/aromatic N) is 1. The number of nitrogen functional groups attached to an aromatic ring is 1. The molecule has 2 unspecified atom stereocenters. The van der Waals surface area contributed by atoms with E-state index in [4.69, 9.17) is 5.73 Å². The Morgan fingerprint density at radius 2 is 2.18 bits per heavy atom. The van der Waals surface area contributed by atoms with Crippen molar-refractivity contribution in [3.63, 3.8) is 0 Å². The Hall–Kier alpha value is -0.670. The molecule has 0 bridgehead atoms. The topological polar surface area (TPSA) is 29.3 Å². The number of hydrogen-bond donors (Lipinski definition) is 1. The molecule has 1 saturated heterocycles. The molecule has 0 radical (unpaired) electrons. The van der Waals surface area contributed by atoms with Gasteiger partial charge >= 0.3 is 0 Å². The van der Waals surface area contributed by atoms with E-state index >= 15 is 0 Å². The molecule has 1 fully saturated rings. The van der Waals surface area contributed by atoms with Crippen LogP contribution in [0.2, 0.25) is 0 Å². The first-order valence-corrected chi connectivity index (χ1v) is 7.33. The van der Waals surface area contributed by atoms with Gasteiger partial charge in [-0.05, 0) is 31.0 Å². The van der Waals surface area contributed by atoms with Gasteiger partial charge in [-0.15, -0.1) is 0 Å². The van der Waals surface area contributed by atoms with Gasteiger partial charge in [0.05, 0.1) is 0 Å². The average molecular weight is 250 g/mol. The molecular formula is C14H22N2S. The normalized spacial score (nSPS) is 26.1. The highest BCUT2D eigenvalue weighted by molar-refractivity contribution is 8.00. The quantitative estimate of drug-likeness (QED) is 0.818. The van der Waals surface area contributed by atoms with Crippen LogP contribution in [0.25, 0.3) is 0 Å². The van der Waals surface area contributed by atoms with E-state index in [1.807, 2.05) is 0 Å². The van der Waals surface area contributed by atoms with Crippen molar-refractivity contribution in [1.29, 1.82) is 0 Å². The Labute approximate surface area is 109 Å². The molecule has 0 amide bonds. The molecule has 0 saturated carbocycles. The van der Waals surface area contributed by atoms with Gasteiger partial charge in [-0.25, -0.2) is 0 Å². The SMILES string of the molecule is Cc1ccc(CN2CCSC(C)C2C)cc1N. The second-order valence-electron chi connectivity index (χ2n) is 4.98. The second-order valence-corrected chi connectivity index (χ2v) is 6.46. The zero-order valence-electron chi connectivity index (χ0n) is 10.9. The Kier molecular flexibility index (Phi) is 4.00. The van der Waals surface area contributed by atoms with Gasteiger partial charge < -0.3 is 5.73 Å². The first-order chi connectivity index (χ1) is 8.08. The summed E-state index contributed by atoms with van der Waals surface area (Å²) in [5.74, 6) is 1.24. The van der Waals surface area contributed by atoms with E-state index in [1.54, 1.807) is 0 Å². The molecule has 17 heavy (non-hydrogen) atoms. The summed E-state index contributed by atoms with van der Waals surface area (Å²) >= 11 is 2.08. The smallest absolute Gasteiger partial charge is 0.0346 e. The van der Waals surface area contributed by atoms with Gasteiger partial charge in [0.2, 0.25) is 0 Å². The van der Waals surface area contributed by atoms with E-state index in [0.29, 0.717) is 6.04 Å². The summed E-state index contributed by atoms with van der Waals surface area (Å²) < 4.78 is 0. The van der Waals surface area contributed by atoms with Gasteiger partial charge in [0.15, 0.2) is 0 Å². The predicted octanol–water partition coefficient (Wildman–Crippen LogP) is 2.90. The van der Waals surface area contributed by atoms with Crippen LogP contribution >= 0.6 is 11.8 Å².